The number of benzene rings is 1. The van der Waals surface area contributed by atoms with Crippen LogP contribution in [0.1, 0.15) is 0 Å². The van der Waals surface area contributed by atoms with E-state index in [0.717, 1.165) is 4.90 Å². The number of nitrogens with one attached hydrogen (secondary N) is 1. The molecule has 0 saturated heterocycles. The molecule has 6 heteroatoms. The molecular formula is C8H8Cl2N2OS. The van der Waals surface area contributed by atoms with Gasteiger partial charge in [-0.2, -0.15) is 0 Å². The van der Waals surface area contributed by atoms with Crippen LogP contribution in [0.3, 0.4) is 0 Å². The average Bonchev–Trinajstić information content (AvgIpc) is 2.20. The SMILES string of the molecule is NNC(=O)C(Cl)Sc1ccc(Cl)cc1. The number of rotatable bonds is 3. The normalized spacial score (nSPS) is 12.2. The fourth-order valence-corrected chi connectivity index (χ4v) is 1.96. The monoisotopic (exact) mass is 250 g/mol. The third-order valence-corrected chi connectivity index (χ3v) is 3.08. The molecule has 1 aromatic carbocycles. The van der Waals surface area contributed by atoms with Crippen LogP contribution in [0.2, 0.25) is 5.02 Å². The Hall–Kier alpha value is -0.420. The molecule has 3 nitrogen and oxygen atoms in total. The van der Waals surface area contributed by atoms with Gasteiger partial charge in [0.25, 0.3) is 5.91 Å². The number of halogens is 2. The van der Waals surface area contributed by atoms with Crippen LogP contribution in [0, 0.1) is 0 Å². The first kappa shape index (κ1) is 11.7. The molecule has 0 radical (unpaired) electrons. The van der Waals surface area contributed by atoms with Gasteiger partial charge in [0.05, 0.1) is 0 Å². The third kappa shape index (κ3) is 3.38. The Morgan fingerprint density at radius 3 is 2.50 bits per heavy atom. The van der Waals surface area contributed by atoms with Crippen molar-refractivity contribution >= 4 is 40.9 Å². The number of hydrazine groups is 1. The van der Waals surface area contributed by atoms with Crippen LogP contribution in [0.25, 0.3) is 0 Å². The van der Waals surface area contributed by atoms with Crippen LogP contribution in [0.15, 0.2) is 29.2 Å². The number of thioether (sulfide) groups is 1. The molecule has 0 saturated carbocycles. The van der Waals surface area contributed by atoms with Gasteiger partial charge in [0, 0.05) is 9.92 Å². The Morgan fingerprint density at radius 2 is 2.00 bits per heavy atom. The van der Waals surface area contributed by atoms with Gasteiger partial charge in [-0.25, -0.2) is 5.84 Å². The molecule has 0 aliphatic heterocycles. The summed E-state index contributed by atoms with van der Waals surface area (Å²) in [5, 5.41) is 0.642. The van der Waals surface area contributed by atoms with Crippen molar-refractivity contribution in [2.75, 3.05) is 0 Å². The maximum absolute atomic E-state index is 11.0. The summed E-state index contributed by atoms with van der Waals surface area (Å²) in [6.07, 6.45) is 0. The van der Waals surface area contributed by atoms with Gasteiger partial charge >= 0.3 is 0 Å². The number of carbonyl (C=O) groups excluding carboxylic acids is 1. The highest BCUT2D eigenvalue weighted by Gasteiger charge is 2.14. The molecule has 0 aliphatic rings. The number of carbonyl (C=O) groups is 1. The van der Waals surface area contributed by atoms with Gasteiger partial charge in [0.1, 0.15) is 0 Å². The minimum absolute atomic E-state index is 0.424. The summed E-state index contributed by atoms with van der Waals surface area (Å²) in [7, 11) is 0. The molecule has 3 N–H and O–H groups in total. The van der Waals surface area contributed by atoms with E-state index in [1.165, 1.54) is 11.8 Å². The lowest BCUT2D eigenvalue weighted by Crippen LogP contribution is -2.35. The zero-order valence-corrected chi connectivity index (χ0v) is 9.36. The Morgan fingerprint density at radius 1 is 1.43 bits per heavy atom. The second-order valence-corrected chi connectivity index (χ2v) is 4.71. The lowest BCUT2D eigenvalue weighted by molar-refractivity contribution is -0.119. The van der Waals surface area contributed by atoms with Crippen molar-refractivity contribution in [3.8, 4) is 0 Å². The first-order chi connectivity index (χ1) is 6.63. The van der Waals surface area contributed by atoms with Crippen molar-refractivity contribution in [2.24, 2.45) is 5.84 Å². The van der Waals surface area contributed by atoms with Crippen molar-refractivity contribution in [2.45, 2.75) is 9.60 Å². The van der Waals surface area contributed by atoms with E-state index in [1.54, 1.807) is 24.3 Å². The molecule has 1 aromatic rings. The third-order valence-electron chi connectivity index (χ3n) is 1.40. The lowest BCUT2D eigenvalue weighted by atomic mass is 10.4. The summed E-state index contributed by atoms with van der Waals surface area (Å²) in [5.74, 6) is 4.51. The molecule has 0 aromatic heterocycles. The Labute approximate surface area is 95.9 Å². The van der Waals surface area contributed by atoms with E-state index in [1.807, 2.05) is 5.43 Å². The number of hydrogen-bond acceptors (Lipinski definition) is 3. The standard InChI is InChI=1S/C8H8Cl2N2OS/c9-5-1-3-6(4-2-5)14-7(10)8(13)12-11/h1-4,7H,11H2,(H,12,13). The van der Waals surface area contributed by atoms with E-state index in [-0.39, 0.29) is 0 Å². The largest absolute Gasteiger partial charge is 0.292 e. The fraction of sp³-hybridized carbons (Fsp3) is 0.125. The summed E-state index contributed by atoms with van der Waals surface area (Å²) < 4.78 is -0.735. The molecule has 1 amide bonds. The summed E-state index contributed by atoms with van der Waals surface area (Å²) in [6.45, 7) is 0. The van der Waals surface area contributed by atoms with Gasteiger partial charge in [-0.15, -0.1) is 0 Å². The predicted octanol–water partition coefficient (Wildman–Crippen LogP) is 1.99. The Kier molecular flexibility index (Phi) is 4.54. The molecular weight excluding hydrogens is 243 g/mol. The van der Waals surface area contributed by atoms with Crippen molar-refractivity contribution in [3.63, 3.8) is 0 Å². The smallest absolute Gasteiger partial charge is 0.262 e. The lowest BCUT2D eigenvalue weighted by Gasteiger charge is -2.06. The molecule has 14 heavy (non-hydrogen) atoms. The van der Waals surface area contributed by atoms with Crippen LogP contribution >= 0.6 is 35.0 Å². The zero-order valence-electron chi connectivity index (χ0n) is 7.04. The van der Waals surface area contributed by atoms with Gasteiger partial charge in [0.15, 0.2) is 4.71 Å². The molecule has 1 unspecified atom stereocenters. The van der Waals surface area contributed by atoms with Crippen LogP contribution < -0.4 is 11.3 Å². The molecule has 0 spiro atoms. The summed E-state index contributed by atoms with van der Waals surface area (Å²) >= 11 is 12.6. The van der Waals surface area contributed by atoms with Gasteiger partial charge in [0.2, 0.25) is 0 Å². The van der Waals surface area contributed by atoms with Gasteiger partial charge < -0.3 is 0 Å². The number of hydrogen-bond donors (Lipinski definition) is 2. The molecule has 1 rings (SSSR count). The van der Waals surface area contributed by atoms with Crippen LogP contribution in [-0.4, -0.2) is 10.6 Å². The highest BCUT2D eigenvalue weighted by Crippen LogP contribution is 2.26. The van der Waals surface area contributed by atoms with E-state index >= 15 is 0 Å². The molecule has 0 fully saturated rings. The van der Waals surface area contributed by atoms with E-state index < -0.39 is 10.6 Å². The minimum Gasteiger partial charge on any atom is -0.292 e. The summed E-state index contributed by atoms with van der Waals surface area (Å²) in [6, 6.07) is 7.03. The number of amides is 1. The van der Waals surface area contributed by atoms with Crippen molar-refractivity contribution in [3.05, 3.63) is 29.3 Å². The molecule has 0 heterocycles. The maximum Gasteiger partial charge on any atom is 0.262 e. The van der Waals surface area contributed by atoms with Gasteiger partial charge in [-0.3, -0.25) is 10.2 Å². The van der Waals surface area contributed by atoms with E-state index in [9.17, 15) is 4.79 Å². The number of nitrogens with two attached hydrogens (primary N) is 1. The van der Waals surface area contributed by atoms with E-state index in [2.05, 4.69) is 0 Å². The van der Waals surface area contributed by atoms with Crippen LogP contribution in [-0.2, 0) is 4.79 Å². The highest BCUT2D eigenvalue weighted by molar-refractivity contribution is 8.01. The fourth-order valence-electron chi connectivity index (χ4n) is 0.752. The van der Waals surface area contributed by atoms with Crippen LogP contribution in [0.4, 0.5) is 0 Å². The Bertz CT molecular complexity index is 318. The van der Waals surface area contributed by atoms with Crippen molar-refractivity contribution in [1.29, 1.82) is 0 Å². The molecule has 0 bridgehead atoms. The van der Waals surface area contributed by atoms with E-state index in [0.29, 0.717) is 5.02 Å². The van der Waals surface area contributed by atoms with Gasteiger partial charge in [-0.05, 0) is 24.3 Å². The zero-order chi connectivity index (χ0) is 10.6. The Balaban J connectivity index is 2.60. The quantitative estimate of drug-likeness (QED) is 0.284. The number of alkyl halides is 1. The summed E-state index contributed by atoms with van der Waals surface area (Å²) in [5.41, 5.74) is 1.98. The van der Waals surface area contributed by atoms with E-state index in [4.69, 9.17) is 29.0 Å². The first-order valence-corrected chi connectivity index (χ1v) is 5.39. The minimum atomic E-state index is -0.735. The molecule has 0 aliphatic carbocycles. The predicted molar refractivity (Wildman–Crippen MR) is 59.3 cm³/mol. The second kappa shape index (κ2) is 5.46. The first-order valence-electron chi connectivity index (χ1n) is 3.70. The van der Waals surface area contributed by atoms with Crippen molar-refractivity contribution in [1.82, 2.24) is 5.43 Å². The summed E-state index contributed by atoms with van der Waals surface area (Å²) in [4.78, 5) is 11.8. The topological polar surface area (TPSA) is 55.1 Å². The van der Waals surface area contributed by atoms with Crippen LogP contribution in [0.5, 0.6) is 0 Å². The second-order valence-electron chi connectivity index (χ2n) is 2.40. The molecule has 76 valence electrons. The van der Waals surface area contributed by atoms with Gasteiger partial charge in [-0.1, -0.05) is 35.0 Å². The molecule has 1 atom stereocenters. The van der Waals surface area contributed by atoms with Crippen molar-refractivity contribution < 1.29 is 4.79 Å². The highest BCUT2D eigenvalue weighted by atomic mass is 35.5. The maximum atomic E-state index is 11.0. The average molecular weight is 251 g/mol.